The van der Waals surface area contributed by atoms with Gasteiger partial charge in [0.15, 0.2) is 0 Å². The lowest BCUT2D eigenvalue weighted by Crippen LogP contribution is -2.27. The zero-order chi connectivity index (χ0) is 15.9. The number of rotatable bonds is 6. The molecule has 1 aromatic carbocycles. The lowest BCUT2D eigenvalue weighted by molar-refractivity contribution is -0.154. The van der Waals surface area contributed by atoms with Gasteiger partial charge in [0.2, 0.25) is 0 Å². The molecule has 0 radical (unpaired) electrons. The lowest BCUT2D eigenvalue weighted by atomic mass is 9.97. The summed E-state index contributed by atoms with van der Waals surface area (Å²) in [4.78, 5) is 14.6. The first-order valence-corrected chi connectivity index (χ1v) is 7.13. The molecule has 5 nitrogen and oxygen atoms in total. The van der Waals surface area contributed by atoms with Crippen molar-refractivity contribution < 1.29 is 9.53 Å². The summed E-state index contributed by atoms with van der Waals surface area (Å²) in [5, 5.41) is 4.26. The number of carbonyl (C=O) groups is 1. The number of carbonyl (C=O) groups excluding carboxylic acids is 1. The first kappa shape index (κ1) is 17.3. The van der Waals surface area contributed by atoms with Crippen molar-refractivity contribution in [1.82, 2.24) is 0 Å². The van der Waals surface area contributed by atoms with Crippen molar-refractivity contribution in [2.45, 2.75) is 27.2 Å². The van der Waals surface area contributed by atoms with Crippen LogP contribution in [0.15, 0.2) is 29.4 Å². The number of hydrogen-bond donors (Lipinski definition) is 0. The van der Waals surface area contributed by atoms with Gasteiger partial charge in [-0.1, -0.05) is 28.8 Å². The molecular formula is C15H20ClN3O2. The van der Waals surface area contributed by atoms with Gasteiger partial charge in [-0.3, -0.25) is 4.79 Å². The molecule has 0 saturated heterocycles. The molecule has 0 N–H and O–H groups in total. The van der Waals surface area contributed by atoms with Gasteiger partial charge in [-0.05, 0) is 50.4 Å². The molecule has 6 heteroatoms. The van der Waals surface area contributed by atoms with Gasteiger partial charge in [0.05, 0.1) is 12.0 Å². The van der Waals surface area contributed by atoms with E-state index < -0.39 is 5.41 Å². The van der Waals surface area contributed by atoms with Crippen molar-refractivity contribution in [2.75, 3.05) is 13.2 Å². The summed E-state index contributed by atoms with van der Waals surface area (Å²) in [5.74, 6) is -0.307. The van der Waals surface area contributed by atoms with Crippen molar-refractivity contribution in [3.05, 3.63) is 45.3 Å². The maximum atomic E-state index is 11.8. The van der Waals surface area contributed by atoms with Crippen LogP contribution in [0.5, 0.6) is 0 Å². The fraction of sp³-hybridized carbons (Fsp3) is 0.533. The Hall–Kier alpha value is -1.71. The van der Waals surface area contributed by atoms with Gasteiger partial charge in [-0.2, -0.15) is 0 Å². The first-order valence-electron chi connectivity index (χ1n) is 6.75. The van der Waals surface area contributed by atoms with Gasteiger partial charge in [0.25, 0.3) is 0 Å². The monoisotopic (exact) mass is 309 g/mol. The van der Waals surface area contributed by atoms with Crippen LogP contribution in [0.4, 0.5) is 0 Å². The van der Waals surface area contributed by atoms with E-state index in [0.29, 0.717) is 11.4 Å². The highest BCUT2D eigenvalue weighted by Crippen LogP contribution is 2.18. The second kappa shape index (κ2) is 7.91. The van der Waals surface area contributed by atoms with Gasteiger partial charge < -0.3 is 4.74 Å². The summed E-state index contributed by atoms with van der Waals surface area (Å²) < 4.78 is 5.31. The summed E-state index contributed by atoms with van der Waals surface area (Å²) in [7, 11) is 0. The van der Waals surface area contributed by atoms with E-state index in [1.807, 2.05) is 24.3 Å². The van der Waals surface area contributed by atoms with Crippen LogP contribution in [0.2, 0.25) is 5.02 Å². The summed E-state index contributed by atoms with van der Waals surface area (Å²) in [5.41, 5.74) is 8.98. The third-order valence-electron chi connectivity index (χ3n) is 2.90. The number of nitrogens with zero attached hydrogens (tertiary/aromatic N) is 3. The molecule has 0 bridgehead atoms. The number of hydrogen-bond acceptors (Lipinski definition) is 3. The molecule has 1 atom stereocenters. The minimum absolute atomic E-state index is 0.0478. The molecule has 1 unspecified atom stereocenters. The Balaban J connectivity index is 2.65. The van der Waals surface area contributed by atoms with E-state index in [-0.39, 0.29) is 25.0 Å². The van der Waals surface area contributed by atoms with E-state index in [4.69, 9.17) is 21.9 Å². The summed E-state index contributed by atoms with van der Waals surface area (Å²) in [6, 6.07) is 7.44. The maximum Gasteiger partial charge on any atom is 0.311 e. The zero-order valence-electron chi connectivity index (χ0n) is 12.5. The van der Waals surface area contributed by atoms with E-state index >= 15 is 0 Å². The molecule has 0 aliphatic rings. The van der Waals surface area contributed by atoms with Crippen molar-refractivity contribution in [1.29, 1.82) is 0 Å². The Kier molecular flexibility index (Phi) is 6.53. The SMILES string of the molecule is CC(C)(C)C(=O)OCC(CN=[N+]=[N-])Cc1ccc(Cl)cc1. The molecule has 114 valence electrons. The average molecular weight is 310 g/mol. The van der Waals surface area contributed by atoms with Gasteiger partial charge in [0.1, 0.15) is 0 Å². The number of halogens is 1. The molecule has 21 heavy (non-hydrogen) atoms. The molecule has 0 amide bonds. The number of azide groups is 1. The summed E-state index contributed by atoms with van der Waals surface area (Å²) in [6.45, 7) is 5.93. The third-order valence-corrected chi connectivity index (χ3v) is 3.16. The lowest BCUT2D eigenvalue weighted by Gasteiger charge is -2.20. The Bertz CT molecular complexity index is 517. The fourth-order valence-electron chi connectivity index (χ4n) is 1.69. The number of esters is 1. The van der Waals surface area contributed by atoms with Crippen LogP contribution in [0.25, 0.3) is 10.4 Å². The van der Waals surface area contributed by atoms with Gasteiger partial charge >= 0.3 is 5.97 Å². The minimum Gasteiger partial charge on any atom is -0.465 e. The van der Waals surface area contributed by atoms with Crippen LogP contribution in [-0.4, -0.2) is 19.1 Å². The zero-order valence-corrected chi connectivity index (χ0v) is 13.3. The van der Waals surface area contributed by atoms with Crippen molar-refractivity contribution in [3.8, 4) is 0 Å². The van der Waals surface area contributed by atoms with E-state index in [2.05, 4.69) is 10.0 Å². The highest BCUT2D eigenvalue weighted by Gasteiger charge is 2.24. The quantitative estimate of drug-likeness (QED) is 0.338. The van der Waals surface area contributed by atoms with E-state index in [1.165, 1.54) is 0 Å². The molecule has 0 spiro atoms. The second-order valence-electron chi connectivity index (χ2n) is 5.96. The normalized spacial score (nSPS) is 12.4. The van der Waals surface area contributed by atoms with Crippen LogP contribution in [-0.2, 0) is 16.0 Å². The van der Waals surface area contributed by atoms with Crippen molar-refractivity contribution in [2.24, 2.45) is 16.4 Å². The predicted octanol–water partition coefficient (Wildman–Crippen LogP) is 4.40. The highest BCUT2D eigenvalue weighted by atomic mass is 35.5. The Morgan fingerprint density at radius 3 is 2.52 bits per heavy atom. The average Bonchev–Trinajstić information content (AvgIpc) is 2.42. The van der Waals surface area contributed by atoms with E-state index in [9.17, 15) is 4.79 Å². The highest BCUT2D eigenvalue weighted by molar-refractivity contribution is 6.30. The van der Waals surface area contributed by atoms with Gasteiger partial charge in [-0.25, -0.2) is 0 Å². The molecule has 0 saturated carbocycles. The fourth-order valence-corrected chi connectivity index (χ4v) is 1.82. The van der Waals surface area contributed by atoms with Crippen molar-refractivity contribution >= 4 is 17.6 Å². The van der Waals surface area contributed by atoms with Crippen LogP contribution in [0.1, 0.15) is 26.3 Å². The molecule has 1 aromatic rings. The molecule has 0 aliphatic heterocycles. The van der Waals surface area contributed by atoms with Crippen LogP contribution >= 0.6 is 11.6 Å². The molecular weight excluding hydrogens is 290 g/mol. The maximum absolute atomic E-state index is 11.8. The van der Waals surface area contributed by atoms with Crippen LogP contribution < -0.4 is 0 Å². The van der Waals surface area contributed by atoms with E-state index in [0.717, 1.165) is 5.56 Å². The van der Waals surface area contributed by atoms with Crippen LogP contribution in [0, 0.1) is 11.3 Å². The topological polar surface area (TPSA) is 75.1 Å². The summed E-state index contributed by atoms with van der Waals surface area (Å²) in [6.07, 6.45) is 0.660. The Labute approximate surface area is 129 Å². The predicted molar refractivity (Wildman–Crippen MR) is 83.1 cm³/mol. The largest absolute Gasteiger partial charge is 0.465 e. The van der Waals surface area contributed by atoms with E-state index in [1.54, 1.807) is 20.8 Å². The smallest absolute Gasteiger partial charge is 0.311 e. The van der Waals surface area contributed by atoms with Crippen LogP contribution in [0.3, 0.4) is 0 Å². The first-order chi connectivity index (χ1) is 9.82. The Morgan fingerprint density at radius 1 is 1.38 bits per heavy atom. The number of benzene rings is 1. The number of ether oxygens (including phenoxy) is 1. The standard InChI is InChI=1S/C15H20ClN3O2/c1-15(2,3)14(20)21-10-12(9-18-19-17)8-11-4-6-13(16)7-5-11/h4-7,12H,8-10H2,1-3H3. The minimum atomic E-state index is -0.538. The molecule has 0 fully saturated rings. The summed E-state index contributed by atoms with van der Waals surface area (Å²) >= 11 is 5.85. The van der Waals surface area contributed by atoms with Gasteiger partial charge in [0, 0.05) is 22.4 Å². The molecule has 1 rings (SSSR count). The Morgan fingerprint density at radius 2 is 2.00 bits per heavy atom. The molecule has 0 heterocycles. The second-order valence-corrected chi connectivity index (χ2v) is 6.39. The molecule has 0 aliphatic carbocycles. The van der Waals surface area contributed by atoms with Crippen molar-refractivity contribution in [3.63, 3.8) is 0 Å². The molecule has 0 aromatic heterocycles. The van der Waals surface area contributed by atoms with Gasteiger partial charge in [-0.15, -0.1) is 0 Å². The third kappa shape index (κ3) is 6.52.